The van der Waals surface area contributed by atoms with E-state index in [9.17, 15) is 0 Å². The number of nitrogens with zero attached hydrogens (tertiary/aromatic N) is 2. The Morgan fingerprint density at radius 1 is 0.533 bits per heavy atom. The highest BCUT2D eigenvalue weighted by molar-refractivity contribution is 4.53. The predicted octanol–water partition coefficient (Wildman–Crippen LogP) is 3.68. The molecule has 0 aromatic heterocycles. The molecular formula is C13H34N2. The van der Waals surface area contributed by atoms with Gasteiger partial charge in [0.1, 0.15) is 0 Å². The van der Waals surface area contributed by atoms with Crippen LogP contribution in [0.1, 0.15) is 55.4 Å². The first-order valence-electron chi connectivity index (χ1n) is 6.73. The van der Waals surface area contributed by atoms with Gasteiger partial charge in [-0.2, -0.15) is 0 Å². The second-order valence-electron chi connectivity index (χ2n) is 2.75. The van der Waals surface area contributed by atoms with Crippen molar-refractivity contribution < 1.29 is 0 Å². The van der Waals surface area contributed by atoms with Crippen molar-refractivity contribution in [2.24, 2.45) is 0 Å². The highest BCUT2D eigenvalue weighted by Crippen LogP contribution is 1.92. The minimum Gasteiger partial charge on any atom is -0.291 e. The Kier molecular flexibility index (Phi) is 26.4. The summed E-state index contributed by atoms with van der Waals surface area (Å²) >= 11 is 0. The lowest BCUT2D eigenvalue weighted by atomic mass is 10.5. The Labute approximate surface area is 98.6 Å². The summed E-state index contributed by atoms with van der Waals surface area (Å²) in [7, 11) is 0. The highest BCUT2D eigenvalue weighted by Gasteiger charge is 2.03. The second kappa shape index (κ2) is 19.5. The van der Waals surface area contributed by atoms with E-state index in [4.69, 9.17) is 0 Å². The molecule has 0 bridgehead atoms. The van der Waals surface area contributed by atoms with Gasteiger partial charge in [-0.3, -0.25) is 9.80 Å². The Hall–Kier alpha value is -0.0800. The van der Waals surface area contributed by atoms with E-state index in [2.05, 4.69) is 37.5 Å². The quantitative estimate of drug-likeness (QED) is 0.628. The molecular weight excluding hydrogens is 184 g/mol. The summed E-state index contributed by atoms with van der Waals surface area (Å²) in [4.78, 5) is 4.88. The van der Waals surface area contributed by atoms with E-state index in [-0.39, 0.29) is 0 Å². The third-order valence-corrected chi connectivity index (χ3v) is 2.19. The van der Waals surface area contributed by atoms with Crippen LogP contribution in [0.5, 0.6) is 0 Å². The maximum atomic E-state index is 2.44. The SMILES string of the molecule is CC.CC.CCN(CC)CN(CC)CC. The fourth-order valence-electron chi connectivity index (χ4n) is 1.13. The molecule has 2 heteroatoms. The first-order chi connectivity index (χ1) is 7.28. The number of rotatable bonds is 6. The van der Waals surface area contributed by atoms with Gasteiger partial charge in [0.25, 0.3) is 0 Å². The fourth-order valence-corrected chi connectivity index (χ4v) is 1.13. The van der Waals surface area contributed by atoms with Crippen molar-refractivity contribution in [3.63, 3.8) is 0 Å². The van der Waals surface area contributed by atoms with E-state index in [0.29, 0.717) is 0 Å². The molecule has 0 heterocycles. The molecule has 0 aromatic rings. The zero-order chi connectivity index (χ0) is 12.7. The summed E-state index contributed by atoms with van der Waals surface area (Å²) in [6.45, 7) is 22.6. The van der Waals surface area contributed by atoms with Gasteiger partial charge in [-0.25, -0.2) is 0 Å². The van der Waals surface area contributed by atoms with Crippen molar-refractivity contribution in [1.29, 1.82) is 0 Å². The van der Waals surface area contributed by atoms with Crippen molar-refractivity contribution >= 4 is 0 Å². The molecule has 0 aliphatic rings. The van der Waals surface area contributed by atoms with Crippen molar-refractivity contribution in [1.82, 2.24) is 9.80 Å². The summed E-state index contributed by atoms with van der Waals surface area (Å²) in [5, 5.41) is 0. The van der Waals surface area contributed by atoms with Gasteiger partial charge >= 0.3 is 0 Å². The van der Waals surface area contributed by atoms with Crippen LogP contribution in [0.3, 0.4) is 0 Å². The van der Waals surface area contributed by atoms with E-state index in [1.807, 2.05) is 27.7 Å². The first kappa shape index (κ1) is 20.3. The molecule has 0 aliphatic carbocycles. The molecule has 0 aliphatic heterocycles. The largest absolute Gasteiger partial charge is 0.291 e. The number of hydrogen-bond acceptors (Lipinski definition) is 2. The van der Waals surface area contributed by atoms with Crippen LogP contribution in [0.15, 0.2) is 0 Å². The molecule has 0 unspecified atom stereocenters. The summed E-state index contributed by atoms with van der Waals surface area (Å²) < 4.78 is 0. The van der Waals surface area contributed by atoms with Gasteiger partial charge in [-0.15, -0.1) is 0 Å². The molecule has 0 saturated heterocycles. The minimum atomic E-state index is 1.12. The maximum absolute atomic E-state index is 2.44. The van der Waals surface area contributed by atoms with Gasteiger partial charge in [0.2, 0.25) is 0 Å². The van der Waals surface area contributed by atoms with E-state index in [0.717, 1.165) is 32.8 Å². The van der Waals surface area contributed by atoms with Gasteiger partial charge < -0.3 is 0 Å². The maximum Gasteiger partial charge on any atom is 0.0505 e. The van der Waals surface area contributed by atoms with Crippen LogP contribution in [-0.4, -0.2) is 42.6 Å². The first-order valence-corrected chi connectivity index (χ1v) is 6.73. The molecule has 0 spiro atoms. The van der Waals surface area contributed by atoms with Crippen LogP contribution in [0.25, 0.3) is 0 Å². The highest BCUT2D eigenvalue weighted by atomic mass is 15.3. The van der Waals surface area contributed by atoms with E-state index < -0.39 is 0 Å². The molecule has 0 fully saturated rings. The smallest absolute Gasteiger partial charge is 0.0505 e. The van der Waals surface area contributed by atoms with Crippen molar-refractivity contribution in [3.05, 3.63) is 0 Å². The molecule has 0 rings (SSSR count). The lowest BCUT2D eigenvalue weighted by molar-refractivity contribution is 0.152. The predicted molar refractivity (Wildman–Crippen MR) is 73.4 cm³/mol. The van der Waals surface area contributed by atoms with Gasteiger partial charge in [0.05, 0.1) is 6.67 Å². The van der Waals surface area contributed by atoms with Gasteiger partial charge in [-0.05, 0) is 26.2 Å². The van der Waals surface area contributed by atoms with Crippen molar-refractivity contribution in [2.75, 3.05) is 32.8 Å². The number of hydrogen-bond donors (Lipinski definition) is 0. The molecule has 2 nitrogen and oxygen atoms in total. The third-order valence-electron chi connectivity index (χ3n) is 2.19. The van der Waals surface area contributed by atoms with E-state index >= 15 is 0 Å². The van der Waals surface area contributed by atoms with Crippen LogP contribution in [0.4, 0.5) is 0 Å². The lowest BCUT2D eigenvalue weighted by Gasteiger charge is -2.26. The fraction of sp³-hybridized carbons (Fsp3) is 1.00. The van der Waals surface area contributed by atoms with E-state index in [1.165, 1.54) is 0 Å². The molecule has 0 amide bonds. The third kappa shape index (κ3) is 13.9. The Balaban J connectivity index is -0.000000318. The second-order valence-corrected chi connectivity index (χ2v) is 2.75. The Morgan fingerprint density at radius 2 is 0.733 bits per heavy atom. The van der Waals surface area contributed by atoms with Gasteiger partial charge in [0, 0.05) is 0 Å². The Bertz CT molecular complexity index is 66.6. The molecule has 0 N–H and O–H groups in total. The molecule has 0 radical (unpaired) electrons. The van der Waals surface area contributed by atoms with Crippen molar-refractivity contribution in [3.8, 4) is 0 Å². The van der Waals surface area contributed by atoms with Crippen LogP contribution < -0.4 is 0 Å². The van der Waals surface area contributed by atoms with Gasteiger partial charge in [-0.1, -0.05) is 55.4 Å². The summed E-state index contributed by atoms with van der Waals surface area (Å²) in [6, 6.07) is 0. The zero-order valence-corrected chi connectivity index (χ0v) is 12.4. The Morgan fingerprint density at radius 3 is 0.867 bits per heavy atom. The zero-order valence-electron chi connectivity index (χ0n) is 12.4. The van der Waals surface area contributed by atoms with Crippen LogP contribution in [0, 0.1) is 0 Å². The monoisotopic (exact) mass is 218 g/mol. The molecule has 0 saturated carbocycles. The normalized spacial score (nSPS) is 9.20. The molecule has 0 aromatic carbocycles. The average Bonchev–Trinajstić information content (AvgIpc) is 2.36. The van der Waals surface area contributed by atoms with Gasteiger partial charge in [0.15, 0.2) is 0 Å². The molecule has 0 atom stereocenters. The van der Waals surface area contributed by atoms with Crippen LogP contribution in [0.2, 0.25) is 0 Å². The minimum absolute atomic E-state index is 1.12. The van der Waals surface area contributed by atoms with E-state index in [1.54, 1.807) is 0 Å². The average molecular weight is 218 g/mol. The van der Waals surface area contributed by atoms with Crippen LogP contribution >= 0.6 is 0 Å². The summed E-state index contributed by atoms with van der Waals surface area (Å²) in [5.41, 5.74) is 0. The summed E-state index contributed by atoms with van der Waals surface area (Å²) in [6.07, 6.45) is 0. The van der Waals surface area contributed by atoms with Crippen molar-refractivity contribution in [2.45, 2.75) is 55.4 Å². The lowest BCUT2D eigenvalue weighted by Crippen LogP contribution is -2.37. The topological polar surface area (TPSA) is 6.48 Å². The standard InChI is InChI=1S/C9H22N2.2C2H6/c1-5-10(6-2)9-11(7-3)8-4;2*1-2/h5-9H2,1-4H3;2*1-2H3. The summed E-state index contributed by atoms with van der Waals surface area (Å²) in [5.74, 6) is 0. The van der Waals surface area contributed by atoms with Crippen LogP contribution in [-0.2, 0) is 0 Å². The molecule has 96 valence electrons. The molecule has 15 heavy (non-hydrogen) atoms.